The van der Waals surface area contributed by atoms with Crippen LogP contribution < -0.4 is 5.32 Å². The molecule has 0 aliphatic carbocycles. The quantitative estimate of drug-likeness (QED) is 0.485. The normalized spacial score (nSPS) is 12.0. The van der Waals surface area contributed by atoms with E-state index in [4.69, 9.17) is 11.6 Å². The molecule has 0 aromatic rings. The molecule has 0 atom stereocenters. The molecule has 0 rings (SSSR count). The van der Waals surface area contributed by atoms with Crippen molar-refractivity contribution in [3.8, 4) is 0 Å². The minimum Gasteiger partial charge on any atom is -0.312 e. The topological polar surface area (TPSA) is 12.0 Å². The van der Waals surface area contributed by atoms with Gasteiger partial charge in [0.2, 0.25) is 0 Å². The molecule has 0 heterocycles. The van der Waals surface area contributed by atoms with E-state index in [0.717, 1.165) is 25.3 Å². The molecular formula is C8H18ClN. The van der Waals surface area contributed by atoms with Crippen molar-refractivity contribution < 1.29 is 0 Å². The van der Waals surface area contributed by atoms with Gasteiger partial charge in [-0.05, 0) is 33.2 Å². The summed E-state index contributed by atoms with van der Waals surface area (Å²) in [4.78, 5) is 0. The smallest absolute Gasteiger partial charge is 0.0235 e. The van der Waals surface area contributed by atoms with Gasteiger partial charge in [0, 0.05) is 11.4 Å². The Kier molecular flexibility index (Phi) is 5.10. The van der Waals surface area contributed by atoms with Gasteiger partial charge in [-0.25, -0.2) is 0 Å². The third-order valence-corrected chi connectivity index (χ3v) is 2.07. The molecule has 0 unspecified atom stereocenters. The van der Waals surface area contributed by atoms with Crippen LogP contribution in [0.2, 0.25) is 0 Å². The molecule has 0 fully saturated rings. The number of hydrogen-bond acceptors (Lipinski definition) is 1. The summed E-state index contributed by atoms with van der Waals surface area (Å²) < 4.78 is 0. The third kappa shape index (κ3) is 5.07. The molecule has 0 saturated carbocycles. The summed E-state index contributed by atoms with van der Waals surface area (Å²) in [6.07, 6.45) is 2.22. The summed E-state index contributed by atoms with van der Waals surface area (Å²) in [6, 6.07) is 0. The highest BCUT2D eigenvalue weighted by molar-refractivity contribution is 6.17. The average molecular weight is 164 g/mol. The lowest BCUT2D eigenvalue weighted by Crippen LogP contribution is -2.39. The second kappa shape index (κ2) is 4.97. The molecule has 0 bridgehead atoms. The second-order valence-corrected chi connectivity index (χ2v) is 3.58. The summed E-state index contributed by atoms with van der Waals surface area (Å²) >= 11 is 5.53. The van der Waals surface area contributed by atoms with Crippen molar-refractivity contribution in [2.45, 2.75) is 39.2 Å². The van der Waals surface area contributed by atoms with Crippen LogP contribution >= 0.6 is 11.6 Å². The van der Waals surface area contributed by atoms with Gasteiger partial charge in [0.15, 0.2) is 0 Å². The van der Waals surface area contributed by atoms with Gasteiger partial charge in [-0.1, -0.05) is 6.92 Å². The van der Waals surface area contributed by atoms with Crippen LogP contribution in [0.4, 0.5) is 0 Å². The zero-order valence-corrected chi connectivity index (χ0v) is 7.96. The lowest BCUT2D eigenvalue weighted by atomic mass is 10.0. The van der Waals surface area contributed by atoms with E-state index in [1.807, 2.05) is 0 Å². The van der Waals surface area contributed by atoms with Crippen molar-refractivity contribution in [2.24, 2.45) is 0 Å². The summed E-state index contributed by atoms with van der Waals surface area (Å²) in [5.41, 5.74) is 0.284. The summed E-state index contributed by atoms with van der Waals surface area (Å²) in [7, 11) is 0. The Labute approximate surface area is 69.1 Å². The molecule has 0 aromatic carbocycles. The molecule has 0 saturated heterocycles. The van der Waals surface area contributed by atoms with Gasteiger partial charge < -0.3 is 5.32 Å². The SMILES string of the molecule is CCC(C)(C)NCCCCl. The van der Waals surface area contributed by atoms with Gasteiger partial charge in [0.25, 0.3) is 0 Å². The highest BCUT2D eigenvalue weighted by Gasteiger charge is 2.11. The molecule has 2 heteroatoms. The number of nitrogens with one attached hydrogen (secondary N) is 1. The first kappa shape index (κ1) is 10.2. The Bertz CT molecular complexity index is 81.3. The molecule has 0 aliphatic rings. The van der Waals surface area contributed by atoms with Crippen molar-refractivity contribution >= 4 is 11.6 Å². The average Bonchev–Trinajstić information content (AvgIpc) is 1.89. The number of hydrogen-bond donors (Lipinski definition) is 1. The van der Waals surface area contributed by atoms with Crippen LogP contribution in [0.1, 0.15) is 33.6 Å². The van der Waals surface area contributed by atoms with Crippen LogP contribution in [0.15, 0.2) is 0 Å². The van der Waals surface area contributed by atoms with E-state index in [-0.39, 0.29) is 5.54 Å². The number of rotatable bonds is 5. The van der Waals surface area contributed by atoms with Crippen LogP contribution in [0.3, 0.4) is 0 Å². The summed E-state index contributed by atoms with van der Waals surface area (Å²) in [5, 5.41) is 3.43. The van der Waals surface area contributed by atoms with E-state index < -0.39 is 0 Å². The molecule has 0 radical (unpaired) electrons. The maximum Gasteiger partial charge on any atom is 0.0235 e. The highest BCUT2D eigenvalue weighted by Crippen LogP contribution is 2.06. The maximum atomic E-state index is 5.53. The Hall–Kier alpha value is 0.250. The highest BCUT2D eigenvalue weighted by atomic mass is 35.5. The first-order valence-corrected chi connectivity index (χ1v) is 4.47. The Morgan fingerprint density at radius 2 is 2.00 bits per heavy atom. The zero-order valence-electron chi connectivity index (χ0n) is 7.21. The van der Waals surface area contributed by atoms with Gasteiger partial charge in [-0.2, -0.15) is 0 Å². The first-order chi connectivity index (χ1) is 4.62. The fourth-order valence-corrected chi connectivity index (χ4v) is 0.752. The van der Waals surface area contributed by atoms with E-state index in [1.54, 1.807) is 0 Å². The minimum atomic E-state index is 0.284. The van der Waals surface area contributed by atoms with Gasteiger partial charge in [-0.3, -0.25) is 0 Å². The number of halogens is 1. The molecular weight excluding hydrogens is 146 g/mol. The van der Waals surface area contributed by atoms with E-state index in [1.165, 1.54) is 0 Å². The van der Waals surface area contributed by atoms with Crippen LogP contribution in [0.25, 0.3) is 0 Å². The van der Waals surface area contributed by atoms with Gasteiger partial charge >= 0.3 is 0 Å². The fraction of sp³-hybridized carbons (Fsp3) is 1.00. The lowest BCUT2D eigenvalue weighted by Gasteiger charge is -2.24. The van der Waals surface area contributed by atoms with Crippen molar-refractivity contribution in [1.82, 2.24) is 5.32 Å². The molecule has 1 nitrogen and oxygen atoms in total. The van der Waals surface area contributed by atoms with Crippen LogP contribution in [-0.4, -0.2) is 18.0 Å². The van der Waals surface area contributed by atoms with E-state index in [9.17, 15) is 0 Å². The fourth-order valence-electron chi connectivity index (χ4n) is 0.619. The Morgan fingerprint density at radius 3 is 2.40 bits per heavy atom. The van der Waals surface area contributed by atoms with Crippen LogP contribution in [0.5, 0.6) is 0 Å². The third-order valence-electron chi connectivity index (χ3n) is 1.80. The van der Waals surface area contributed by atoms with Crippen LogP contribution in [0, 0.1) is 0 Å². The molecule has 10 heavy (non-hydrogen) atoms. The maximum absolute atomic E-state index is 5.53. The molecule has 1 N–H and O–H groups in total. The van der Waals surface area contributed by atoms with E-state index in [0.29, 0.717) is 0 Å². The Balaban J connectivity index is 3.28. The largest absolute Gasteiger partial charge is 0.312 e. The summed E-state index contributed by atoms with van der Waals surface area (Å²) in [6.45, 7) is 7.64. The van der Waals surface area contributed by atoms with E-state index >= 15 is 0 Å². The molecule has 0 spiro atoms. The second-order valence-electron chi connectivity index (χ2n) is 3.21. The van der Waals surface area contributed by atoms with Crippen molar-refractivity contribution in [2.75, 3.05) is 12.4 Å². The minimum absolute atomic E-state index is 0.284. The molecule has 0 amide bonds. The Morgan fingerprint density at radius 1 is 1.40 bits per heavy atom. The number of alkyl halides is 1. The van der Waals surface area contributed by atoms with Crippen LogP contribution in [-0.2, 0) is 0 Å². The first-order valence-electron chi connectivity index (χ1n) is 3.93. The van der Waals surface area contributed by atoms with Crippen molar-refractivity contribution in [3.63, 3.8) is 0 Å². The monoisotopic (exact) mass is 163 g/mol. The predicted octanol–water partition coefficient (Wildman–Crippen LogP) is 2.39. The predicted molar refractivity (Wildman–Crippen MR) is 47.7 cm³/mol. The standard InChI is InChI=1S/C8H18ClN/c1-4-8(2,3)10-7-5-6-9/h10H,4-7H2,1-3H3. The van der Waals surface area contributed by atoms with Crippen molar-refractivity contribution in [3.05, 3.63) is 0 Å². The molecule has 0 aromatic heterocycles. The zero-order chi connectivity index (χ0) is 8.04. The van der Waals surface area contributed by atoms with Gasteiger partial charge in [0.05, 0.1) is 0 Å². The summed E-state index contributed by atoms with van der Waals surface area (Å²) in [5.74, 6) is 0.757. The van der Waals surface area contributed by atoms with Crippen molar-refractivity contribution in [1.29, 1.82) is 0 Å². The van der Waals surface area contributed by atoms with Gasteiger partial charge in [0.1, 0.15) is 0 Å². The van der Waals surface area contributed by atoms with Gasteiger partial charge in [-0.15, -0.1) is 11.6 Å². The molecule has 62 valence electrons. The molecule has 0 aliphatic heterocycles. The lowest BCUT2D eigenvalue weighted by molar-refractivity contribution is 0.378. The van der Waals surface area contributed by atoms with E-state index in [2.05, 4.69) is 26.1 Å².